The first-order valence-corrected chi connectivity index (χ1v) is 17.1. The number of urea groups is 1. The van der Waals surface area contributed by atoms with Gasteiger partial charge in [0.2, 0.25) is 10.0 Å². The maximum Gasteiger partial charge on any atom is 0.333 e. The van der Waals surface area contributed by atoms with Crippen LogP contribution in [0.5, 0.6) is 0 Å². The van der Waals surface area contributed by atoms with E-state index in [2.05, 4.69) is 10.0 Å². The molecule has 0 aliphatic carbocycles. The van der Waals surface area contributed by atoms with Gasteiger partial charge in [-0.05, 0) is 71.5 Å². The van der Waals surface area contributed by atoms with Crippen molar-refractivity contribution in [1.82, 2.24) is 4.72 Å². The highest BCUT2D eigenvalue weighted by Gasteiger charge is 2.21. The molecule has 12 heteroatoms. The van der Waals surface area contributed by atoms with Crippen molar-refractivity contribution in [2.75, 3.05) is 5.32 Å². The van der Waals surface area contributed by atoms with E-state index in [-0.39, 0.29) is 21.6 Å². The lowest BCUT2D eigenvalue weighted by Gasteiger charge is -2.20. The fourth-order valence-corrected chi connectivity index (χ4v) is 6.06. The minimum Gasteiger partial charge on any atom is -0.464 e. The molecule has 0 unspecified atom stereocenters. The summed E-state index contributed by atoms with van der Waals surface area (Å²) in [4.78, 5) is 12.7. The number of nitrogens with two attached hydrogens (primary N) is 1. The Balaban J connectivity index is 0.000000256. The molecule has 0 spiro atoms. The number of benzene rings is 3. The summed E-state index contributed by atoms with van der Waals surface area (Å²) in [6.07, 6.45) is 3.04. The van der Waals surface area contributed by atoms with Gasteiger partial charge < -0.3 is 14.2 Å². The van der Waals surface area contributed by atoms with Crippen molar-refractivity contribution in [1.29, 1.82) is 0 Å². The summed E-state index contributed by atoms with van der Waals surface area (Å²) in [5.74, 6) is 1.49. The third kappa shape index (κ3) is 8.50. The van der Waals surface area contributed by atoms with Gasteiger partial charge in [-0.2, -0.15) is 0 Å². The highest BCUT2D eigenvalue weighted by molar-refractivity contribution is 7.90. The number of para-hydroxylation sites is 1. The second-order valence-electron chi connectivity index (χ2n) is 10.7. The van der Waals surface area contributed by atoms with Gasteiger partial charge in [0.1, 0.15) is 11.5 Å². The Labute approximate surface area is 263 Å². The second-order valence-corrected chi connectivity index (χ2v) is 14.0. The molecule has 0 bridgehead atoms. The van der Waals surface area contributed by atoms with E-state index in [1.54, 1.807) is 48.5 Å². The van der Waals surface area contributed by atoms with Gasteiger partial charge in [-0.1, -0.05) is 70.2 Å². The van der Waals surface area contributed by atoms with Crippen LogP contribution in [0.1, 0.15) is 50.7 Å². The molecule has 0 fully saturated rings. The zero-order valence-electron chi connectivity index (χ0n) is 25.2. The Kier molecular flexibility index (Phi) is 10.3. The molecule has 2 heterocycles. The minimum absolute atomic E-state index is 0.0206. The van der Waals surface area contributed by atoms with Crippen molar-refractivity contribution in [3.63, 3.8) is 0 Å². The third-order valence-electron chi connectivity index (χ3n) is 6.76. The number of carbonyl (C=O) groups excluding carboxylic acids is 1. The summed E-state index contributed by atoms with van der Waals surface area (Å²) >= 11 is 0. The van der Waals surface area contributed by atoms with Crippen LogP contribution in [0.15, 0.2) is 122 Å². The largest absolute Gasteiger partial charge is 0.464 e. The van der Waals surface area contributed by atoms with Gasteiger partial charge >= 0.3 is 6.03 Å². The molecule has 2 aromatic heterocycles. The fourth-order valence-electron chi connectivity index (χ4n) is 4.54. The van der Waals surface area contributed by atoms with E-state index in [4.69, 9.17) is 14.0 Å². The Morgan fingerprint density at radius 3 is 1.58 bits per heavy atom. The number of hydrogen-bond acceptors (Lipinski definition) is 7. The van der Waals surface area contributed by atoms with E-state index in [1.165, 1.54) is 36.8 Å². The molecule has 10 nitrogen and oxygen atoms in total. The Hall–Kier alpha value is -4.65. The van der Waals surface area contributed by atoms with Crippen LogP contribution in [0, 0.1) is 0 Å². The zero-order valence-corrected chi connectivity index (χ0v) is 26.9. The van der Waals surface area contributed by atoms with E-state index >= 15 is 0 Å². The molecular formula is C33H35N3O7S2. The summed E-state index contributed by atoms with van der Waals surface area (Å²) in [5.41, 5.74) is 3.85. The van der Waals surface area contributed by atoms with Gasteiger partial charge in [-0.15, -0.1) is 0 Å². The number of anilines is 1. The van der Waals surface area contributed by atoms with E-state index in [9.17, 15) is 21.6 Å². The molecule has 2 amide bonds. The fraction of sp³-hybridized carbons (Fsp3) is 0.182. The predicted molar refractivity (Wildman–Crippen MR) is 174 cm³/mol. The van der Waals surface area contributed by atoms with Crippen LogP contribution in [0.25, 0.3) is 22.6 Å². The second kappa shape index (κ2) is 14.0. The highest BCUT2D eigenvalue weighted by atomic mass is 32.2. The van der Waals surface area contributed by atoms with Gasteiger partial charge in [0.05, 0.1) is 22.3 Å². The van der Waals surface area contributed by atoms with Crippen LogP contribution in [0.4, 0.5) is 10.5 Å². The number of amides is 2. The van der Waals surface area contributed by atoms with Crippen LogP contribution in [-0.2, 0) is 20.0 Å². The van der Waals surface area contributed by atoms with Crippen LogP contribution in [0.2, 0.25) is 0 Å². The average Bonchev–Trinajstić information content (AvgIpc) is 3.72. The Bertz CT molecular complexity index is 1940. The van der Waals surface area contributed by atoms with Gasteiger partial charge in [0.25, 0.3) is 10.0 Å². The normalized spacial score (nSPS) is 11.6. The van der Waals surface area contributed by atoms with Crippen LogP contribution in [-0.4, -0.2) is 22.9 Å². The first kappa shape index (κ1) is 33.2. The van der Waals surface area contributed by atoms with Gasteiger partial charge in [0, 0.05) is 16.8 Å². The summed E-state index contributed by atoms with van der Waals surface area (Å²) in [7, 11) is -7.72. The molecule has 3 aromatic carbocycles. The monoisotopic (exact) mass is 649 g/mol. The molecule has 5 rings (SSSR count). The molecule has 0 aliphatic heterocycles. The lowest BCUT2D eigenvalue weighted by atomic mass is 9.93. The van der Waals surface area contributed by atoms with Crippen molar-refractivity contribution in [2.45, 2.75) is 49.3 Å². The molecule has 0 radical (unpaired) electrons. The van der Waals surface area contributed by atoms with E-state index in [0.29, 0.717) is 28.3 Å². The number of hydrogen-bond donors (Lipinski definition) is 3. The van der Waals surface area contributed by atoms with Crippen molar-refractivity contribution in [3.05, 3.63) is 115 Å². The van der Waals surface area contributed by atoms with Crippen LogP contribution >= 0.6 is 0 Å². The van der Waals surface area contributed by atoms with Crippen LogP contribution in [0.3, 0.4) is 0 Å². The molecular weight excluding hydrogens is 615 g/mol. The molecule has 0 saturated heterocycles. The third-order valence-corrected chi connectivity index (χ3v) is 9.00. The standard InChI is InChI=1S/C23H26N2O4S.C10H9NO3S/c1-15(2)19-10-6-11-20(16(3)4)22(19)24-23(26)25-30(27,28)18-9-5-8-17(14-18)21-12-7-13-29-21;11-15(12,13)9-4-1-3-8(7-9)10-5-2-6-14-10/h5-16H,1-4H3,(H2,24,25,26);1-7H,(H2,11,12,13). The van der Waals surface area contributed by atoms with E-state index < -0.39 is 26.1 Å². The Morgan fingerprint density at radius 2 is 1.13 bits per heavy atom. The quantitative estimate of drug-likeness (QED) is 0.159. The molecule has 0 atom stereocenters. The molecule has 236 valence electrons. The van der Waals surface area contributed by atoms with Gasteiger partial charge in [0.15, 0.2) is 0 Å². The molecule has 0 saturated carbocycles. The highest BCUT2D eigenvalue weighted by Crippen LogP contribution is 2.32. The summed E-state index contributed by atoms with van der Waals surface area (Å²) in [6, 6.07) is 24.5. The topological polar surface area (TPSA) is 162 Å². The first-order valence-electron chi connectivity index (χ1n) is 14.0. The van der Waals surface area contributed by atoms with Crippen molar-refractivity contribution in [3.8, 4) is 22.6 Å². The smallest absolute Gasteiger partial charge is 0.333 e. The SMILES string of the molecule is CC(C)c1cccc(C(C)C)c1NC(=O)NS(=O)(=O)c1cccc(-c2ccco2)c1.NS(=O)(=O)c1cccc(-c2ccco2)c1. The molecule has 0 aliphatic rings. The van der Waals surface area contributed by atoms with Crippen molar-refractivity contribution < 1.29 is 30.5 Å². The number of furan rings is 2. The van der Waals surface area contributed by atoms with Crippen LogP contribution < -0.4 is 15.2 Å². The minimum atomic E-state index is -4.06. The lowest BCUT2D eigenvalue weighted by molar-refractivity contribution is 0.256. The van der Waals surface area contributed by atoms with Crippen molar-refractivity contribution in [2.24, 2.45) is 5.14 Å². The lowest BCUT2D eigenvalue weighted by Crippen LogP contribution is -2.35. The maximum atomic E-state index is 12.8. The van der Waals surface area contributed by atoms with Gasteiger partial charge in [-0.3, -0.25) is 0 Å². The van der Waals surface area contributed by atoms with Crippen molar-refractivity contribution >= 4 is 31.8 Å². The number of nitrogens with one attached hydrogen (secondary N) is 2. The number of rotatable bonds is 8. The average molecular weight is 650 g/mol. The van der Waals surface area contributed by atoms with Gasteiger partial charge in [-0.25, -0.2) is 31.5 Å². The number of primary sulfonamides is 1. The molecule has 5 aromatic rings. The summed E-state index contributed by atoms with van der Waals surface area (Å²) in [6.45, 7) is 8.11. The van der Waals surface area contributed by atoms with E-state index in [0.717, 1.165) is 11.1 Å². The Morgan fingerprint density at radius 1 is 0.667 bits per heavy atom. The summed E-state index contributed by atoms with van der Waals surface area (Å²) < 4.78 is 60.4. The number of sulfonamides is 2. The molecule has 4 N–H and O–H groups in total. The molecule has 45 heavy (non-hydrogen) atoms. The van der Waals surface area contributed by atoms with E-state index in [1.807, 2.05) is 45.9 Å². The number of carbonyl (C=O) groups is 1. The summed E-state index contributed by atoms with van der Waals surface area (Å²) in [5, 5.41) is 7.78. The first-order chi connectivity index (χ1) is 21.3. The maximum absolute atomic E-state index is 12.8. The predicted octanol–water partition coefficient (Wildman–Crippen LogP) is 7.30. The zero-order chi connectivity index (χ0) is 32.8.